The molecular weight excluding hydrogens is 462 g/mol. The third kappa shape index (κ3) is 6.42. The van der Waals surface area contributed by atoms with Crippen molar-refractivity contribution in [1.29, 1.82) is 5.41 Å². The topological polar surface area (TPSA) is 132 Å². The Bertz CT molecular complexity index is 1140. The highest BCUT2D eigenvalue weighted by atomic mass is 32.1. The van der Waals surface area contributed by atoms with E-state index in [1.165, 1.54) is 4.90 Å². The monoisotopic (exact) mass is 495 g/mol. The number of nitrogens with two attached hydrogens (primary N) is 1. The van der Waals surface area contributed by atoms with Gasteiger partial charge in [-0.3, -0.25) is 15.2 Å². The van der Waals surface area contributed by atoms with Crippen molar-refractivity contribution < 1.29 is 14.7 Å². The van der Waals surface area contributed by atoms with Crippen LogP contribution < -0.4 is 5.73 Å². The summed E-state index contributed by atoms with van der Waals surface area (Å²) in [5.41, 5.74) is 7.84. The van der Waals surface area contributed by atoms with Crippen LogP contribution in [-0.4, -0.2) is 58.4 Å². The number of carbonyl (C=O) groups is 2. The number of carboxylic acids is 1. The molecule has 2 heterocycles. The van der Waals surface area contributed by atoms with Crippen LogP contribution in [0, 0.1) is 5.41 Å². The highest BCUT2D eigenvalue weighted by Crippen LogP contribution is 2.29. The summed E-state index contributed by atoms with van der Waals surface area (Å²) in [5.74, 6) is -0.912. The summed E-state index contributed by atoms with van der Waals surface area (Å²) in [6.07, 6.45) is 2.91. The minimum Gasteiger partial charge on any atom is -0.480 e. The molecule has 0 radical (unpaired) electrons. The summed E-state index contributed by atoms with van der Waals surface area (Å²) in [4.78, 5) is 37.2. The van der Waals surface area contributed by atoms with E-state index in [-0.39, 0.29) is 29.4 Å². The molecule has 186 valence electrons. The zero-order valence-corrected chi connectivity index (χ0v) is 21.4. The number of rotatable bonds is 7. The lowest BCUT2D eigenvalue weighted by Gasteiger charge is -2.25. The lowest BCUT2D eigenvalue weighted by Crippen LogP contribution is -2.46. The molecule has 1 aromatic carbocycles. The molecular formula is C26H33N5O3S. The number of benzene rings is 1. The van der Waals surface area contributed by atoms with Crippen LogP contribution in [0.3, 0.4) is 0 Å². The normalized spacial score (nSPS) is 17.7. The standard InChI is InChI=1S/C26H33N5O3S/c1-5-29-22(27)17-10-8-16(9-11-17)15-18(24(32)31-14-6-7-19(31)25(33)34)30-23(28)20-12-13-21(35-20)26(2,3)4/h5,8-13,18-19,27H,6-7,14-15H2,1-4H3,(H2,28,30)(H,33,34)/t18-,19-/m0/s1. The van der Waals surface area contributed by atoms with Gasteiger partial charge >= 0.3 is 5.97 Å². The Kier molecular flexibility index (Phi) is 8.22. The third-order valence-electron chi connectivity index (χ3n) is 5.91. The minimum absolute atomic E-state index is 0.0278. The van der Waals surface area contributed by atoms with Crippen LogP contribution in [0.2, 0.25) is 0 Å². The van der Waals surface area contributed by atoms with E-state index in [9.17, 15) is 14.7 Å². The van der Waals surface area contributed by atoms with Crippen LogP contribution in [-0.2, 0) is 21.4 Å². The van der Waals surface area contributed by atoms with Gasteiger partial charge in [0.25, 0.3) is 0 Å². The maximum atomic E-state index is 13.5. The second kappa shape index (κ2) is 10.9. The van der Waals surface area contributed by atoms with E-state index in [1.54, 1.807) is 36.6 Å². The van der Waals surface area contributed by atoms with Gasteiger partial charge in [-0.2, -0.15) is 0 Å². The van der Waals surface area contributed by atoms with E-state index < -0.39 is 18.1 Å². The molecule has 0 bridgehead atoms. The Morgan fingerprint density at radius 3 is 2.51 bits per heavy atom. The van der Waals surface area contributed by atoms with Gasteiger partial charge in [0.05, 0.1) is 4.88 Å². The van der Waals surface area contributed by atoms with Crippen molar-refractivity contribution in [3.05, 3.63) is 57.3 Å². The molecule has 1 aliphatic rings. The molecule has 35 heavy (non-hydrogen) atoms. The number of aliphatic imine (C=N–C) groups is 2. The maximum absolute atomic E-state index is 13.5. The van der Waals surface area contributed by atoms with Crippen LogP contribution in [0.25, 0.3) is 0 Å². The van der Waals surface area contributed by atoms with Gasteiger partial charge in [-0.05, 0) is 42.9 Å². The maximum Gasteiger partial charge on any atom is 0.326 e. The molecule has 1 aliphatic heterocycles. The zero-order valence-electron chi connectivity index (χ0n) is 20.6. The lowest BCUT2D eigenvalue weighted by molar-refractivity contribution is -0.148. The molecule has 2 atom stereocenters. The number of hydrogen-bond donors (Lipinski definition) is 3. The first kappa shape index (κ1) is 26.3. The fourth-order valence-corrected chi connectivity index (χ4v) is 4.98. The largest absolute Gasteiger partial charge is 0.480 e. The van der Waals surface area contributed by atoms with Crippen molar-refractivity contribution >= 4 is 41.1 Å². The van der Waals surface area contributed by atoms with Gasteiger partial charge in [0.2, 0.25) is 5.91 Å². The van der Waals surface area contributed by atoms with Gasteiger partial charge in [-0.15, -0.1) is 11.3 Å². The van der Waals surface area contributed by atoms with E-state index in [0.717, 1.165) is 15.3 Å². The summed E-state index contributed by atoms with van der Waals surface area (Å²) in [6, 6.07) is 9.47. The number of aliphatic carboxylic acids is 1. The number of thiophene rings is 1. The van der Waals surface area contributed by atoms with E-state index in [0.29, 0.717) is 24.9 Å². The van der Waals surface area contributed by atoms with Crippen molar-refractivity contribution in [2.75, 3.05) is 6.54 Å². The first-order valence-corrected chi connectivity index (χ1v) is 12.5. The zero-order chi connectivity index (χ0) is 25.8. The van der Waals surface area contributed by atoms with Gasteiger partial charge in [0.15, 0.2) is 5.84 Å². The quantitative estimate of drug-likeness (QED) is 0.397. The number of amides is 1. The first-order valence-electron chi connectivity index (χ1n) is 11.6. The number of amidine groups is 2. The molecule has 1 aromatic heterocycles. The first-order chi connectivity index (χ1) is 16.5. The van der Waals surface area contributed by atoms with Crippen molar-refractivity contribution in [2.45, 2.75) is 64.5 Å². The minimum atomic E-state index is -1.00. The van der Waals surface area contributed by atoms with Gasteiger partial charge in [0, 0.05) is 29.6 Å². The number of likely N-dealkylation sites (tertiary alicyclic amines) is 1. The summed E-state index contributed by atoms with van der Waals surface area (Å²) in [5, 5.41) is 17.6. The van der Waals surface area contributed by atoms with E-state index >= 15 is 0 Å². The molecule has 9 heteroatoms. The Morgan fingerprint density at radius 1 is 1.26 bits per heavy atom. The summed E-state index contributed by atoms with van der Waals surface area (Å²) in [7, 11) is 0. The Morgan fingerprint density at radius 2 is 1.94 bits per heavy atom. The summed E-state index contributed by atoms with van der Waals surface area (Å²) in [6.45, 7) is 8.51. The van der Waals surface area contributed by atoms with Crippen molar-refractivity contribution in [3.8, 4) is 0 Å². The number of carbonyl (C=O) groups excluding carboxylic acids is 1. The van der Waals surface area contributed by atoms with Crippen LogP contribution in [0.4, 0.5) is 0 Å². The molecule has 8 nitrogen and oxygen atoms in total. The predicted molar refractivity (Wildman–Crippen MR) is 141 cm³/mol. The highest BCUT2D eigenvalue weighted by Gasteiger charge is 2.37. The molecule has 1 saturated heterocycles. The van der Waals surface area contributed by atoms with E-state index in [4.69, 9.17) is 11.1 Å². The molecule has 0 unspecified atom stereocenters. The summed E-state index contributed by atoms with van der Waals surface area (Å²) < 4.78 is 0. The molecule has 2 aromatic rings. The molecule has 0 spiro atoms. The third-order valence-corrected chi connectivity index (χ3v) is 7.45. The Labute approximate surface area is 210 Å². The molecule has 4 N–H and O–H groups in total. The van der Waals surface area contributed by atoms with Crippen LogP contribution in [0.5, 0.6) is 0 Å². The van der Waals surface area contributed by atoms with E-state index in [1.807, 2.05) is 24.3 Å². The average molecular weight is 496 g/mol. The van der Waals surface area contributed by atoms with Gasteiger partial charge in [-0.1, -0.05) is 45.0 Å². The Hall–Kier alpha value is -3.33. The second-order valence-corrected chi connectivity index (χ2v) is 10.7. The number of carboxylic acid groups (broad SMARTS) is 1. The Balaban J connectivity index is 1.92. The van der Waals surface area contributed by atoms with Gasteiger partial charge in [0.1, 0.15) is 17.9 Å². The molecule has 1 fully saturated rings. The van der Waals surface area contributed by atoms with Crippen molar-refractivity contribution in [3.63, 3.8) is 0 Å². The highest BCUT2D eigenvalue weighted by molar-refractivity contribution is 7.14. The van der Waals surface area contributed by atoms with Crippen molar-refractivity contribution in [2.24, 2.45) is 15.7 Å². The molecule has 1 amide bonds. The van der Waals surface area contributed by atoms with E-state index in [2.05, 4.69) is 30.8 Å². The lowest BCUT2D eigenvalue weighted by atomic mass is 9.95. The fraction of sp³-hybridized carbons (Fsp3) is 0.423. The van der Waals surface area contributed by atoms with Crippen LogP contribution in [0.15, 0.2) is 46.4 Å². The molecule has 0 saturated carbocycles. The summed E-state index contributed by atoms with van der Waals surface area (Å²) >= 11 is 1.54. The van der Waals surface area contributed by atoms with Crippen LogP contribution >= 0.6 is 11.3 Å². The second-order valence-electron chi connectivity index (χ2n) is 9.61. The number of nitrogens with zero attached hydrogens (tertiary/aromatic N) is 3. The average Bonchev–Trinajstić information content (AvgIpc) is 3.49. The number of nitrogens with one attached hydrogen (secondary N) is 1. The van der Waals surface area contributed by atoms with Crippen LogP contribution in [0.1, 0.15) is 61.4 Å². The fourth-order valence-electron chi connectivity index (χ4n) is 4.00. The molecule has 3 rings (SSSR count). The predicted octanol–water partition coefficient (Wildman–Crippen LogP) is 3.85. The number of hydrogen-bond acceptors (Lipinski definition) is 5. The van der Waals surface area contributed by atoms with Gasteiger partial charge in [-0.25, -0.2) is 9.79 Å². The smallest absolute Gasteiger partial charge is 0.326 e. The molecule has 0 aliphatic carbocycles. The van der Waals surface area contributed by atoms with Crippen molar-refractivity contribution in [1.82, 2.24) is 4.90 Å². The van der Waals surface area contributed by atoms with Gasteiger partial charge < -0.3 is 15.7 Å². The SMILES string of the molecule is CC=NC(=N)c1ccc(C[C@H](N=C(N)c2ccc(C(C)(C)C)s2)C(=O)N2CCC[C@H]2C(=O)O)cc1.